The molecule has 1 aromatic carbocycles. The van der Waals surface area contributed by atoms with E-state index >= 15 is 0 Å². The molecule has 21 heavy (non-hydrogen) atoms. The summed E-state index contributed by atoms with van der Waals surface area (Å²) in [4.78, 5) is 16.3. The lowest BCUT2D eigenvalue weighted by molar-refractivity contribution is -0.117. The molecule has 3 rings (SSSR count). The molecule has 5 nitrogen and oxygen atoms in total. The Bertz CT molecular complexity index is 621. The molecule has 0 aliphatic carbocycles. The number of carbonyl (C=O) groups excluding carboxylic acids is 1. The summed E-state index contributed by atoms with van der Waals surface area (Å²) >= 11 is 0. The third-order valence-electron chi connectivity index (χ3n) is 3.37. The molecule has 1 saturated heterocycles. The molecule has 1 unspecified atom stereocenters. The number of aryl methyl sites for hydroxylation is 1. The van der Waals surface area contributed by atoms with Crippen LogP contribution in [-0.4, -0.2) is 23.5 Å². The summed E-state index contributed by atoms with van der Waals surface area (Å²) in [5, 5.41) is 6.11. The molecule has 0 radical (unpaired) electrons. The molecule has 112 valence electrons. The Hall–Kier alpha value is -1.85. The van der Waals surface area contributed by atoms with Gasteiger partial charge in [0.05, 0.1) is 11.7 Å². The highest BCUT2D eigenvalue weighted by Crippen LogP contribution is 2.22. The van der Waals surface area contributed by atoms with E-state index in [0.29, 0.717) is 5.89 Å². The molecule has 2 N–H and O–H groups in total. The highest BCUT2D eigenvalue weighted by atomic mass is 35.5. The van der Waals surface area contributed by atoms with E-state index in [0.717, 1.165) is 36.3 Å². The van der Waals surface area contributed by atoms with E-state index in [4.69, 9.17) is 4.42 Å². The highest BCUT2D eigenvalue weighted by Gasteiger charge is 2.21. The van der Waals surface area contributed by atoms with E-state index in [1.54, 1.807) is 6.26 Å². The van der Waals surface area contributed by atoms with Crippen LogP contribution >= 0.6 is 12.4 Å². The normalized spacial score (nSPS) is 17.3. The predicted molar refractivity (Wildman–Crippen MR) is 83.6 cm³/mol. The molecule has 1 fully saturated rings. The van der Waals surface area contributed by atoms with Gasteiger partial charge in [-0.25, -0.2) is 4.98 Å². The summed E-state index contributed by atoms with van der Waals surface area (Å²) in [6.07, 6.45) is 3.56. The zero-order valence-electron chi connectivity index (χ0n) is 11.8. The standard InChI is InChI=1S/C15H17N3O2.ClH/c1-10-9-20-15(17-10)11-4-2-5-12(8-11)18-14(19)13-6-3-7-16-13;/h2,4-5,8-9,13,16H,3,6-7H2,1H3,(H,18,19);1H. The maximum Gasteiger partial charge on any atom is 0.241 e. The molecular formula is C15H18ClN3O2. The fraction of sp³-hybridized carbons (Fsp3) is 0.333. The number of carbonyl (C=O) groups is 1. The Morgan fingerprint density at radius 1 is 1.48 bits per heavy atom. The number of nitrogens with one attached hydrogen (secondary N) is 2. The molecule has 0 bridgehead atoms. The van der Waals surface area contributed by atoms with Crippen molar-refractivity contribution in [3.63, 3.8) is 0 Å². The fourth-order valence-electron chi connectivity index (χ4n) is 2.35. The summed E-state index contributed by atoms with van der Waals surface area (Å²) in [5.41, 5.74) is 2.46. The molecule has 0 spiro atoms. The second kappa shape index (κ2) is 6.74. The lowest BCUT2D eigenvalue weighted by Gasteiger charge is -2.11. The van der Waals surface area contributed by atoms with Crippen LogP contribution in [0, 0.1) is 6.92 Å². The van der Waals surface area contributed by atoms with E-state index in [-0.39, 0.29) is 24.4 Å². The second-order valence-electron chi connectivity index (χ2n) is 5.01. The topological polar surface area (TPSA) is 67.2 Å². The number of hydrogen-bond acceptors (Lipinski definition) is 4. The van der Waals surface area contributed by atoms with Crippen LogP contribution in [0.25, 0.3) is 11.5 Å². The van der Waals surface area contributed by atoms with Gasteiger partial charge in [0.25, 0.3) is 0 Å². The Morgan fingerprint density at radius 3 is 3.00 bits per heavy atom. The van der Waals surface area contributed by atoms with Crippen molar-refractivity contribution < 1.29 is 9.21 Å². The first kappa shape index (κ1) is 15.5. The van der Waals surface area contributed by atoms with Crippen molar-refractivity contribution in [3.05, 3.63) is 36.2 Å². The second-order valence-corrected chi connectivity index (χ2v) is 5.01. The van der Waals surface area contributed by atoms with Gasteiger partial charge in [0.2, 0.25) is 11.8 Å². The Balaban J connectivity index is 0.00000161. The van der Waals surface area contributed by atoms with E-state index in [1.807, 2.05) is 31.2 Å². The van der Waals surface area contributed by atoms with Gasteiger partial charge in [-0.3, -0.25) is 4.79 Å². The molecule has 1 atom stereocenters. The van der Waals surface area contributed by atoms with Gasteiger partial charge >= 0.3 is 0 Å². The number of anilines is 1. The number of halogens is 1. The van der Waals surface area contributed by atoms with E-state index in [9.17, 15) is 4.79 Å². The lowest BCUT2D eigenvalue weighted by atomic mass is 10.1. The minimum Gasteiger partial charge on any atom is -0.444 e. The number of benzene rings is 1. The number of nitrogens with zero attached hydrogens (tertiary/aromatic N) is 1. The summed E-state index contributed by atoms with van der Waals surface area (Å²) in [5.74, 6) is 0.584. The smallest absolute Gasteiger partial charge is 0.241 e. The summed E-state index contributed by atoms with van der Waals surface area (Å²) in [7, 11) is 0. The third-order valence-corrected chi connectivity index (χ3v) is 3.37. The third kappa shape index (κ3) is 3.62. The maximum atomic E-state index is 12.1. The SMILES string of the molecule is Cc1coc(-c2cccc(NC(=O)C3CCCN3)c2)n1.Cl. The van der Waals surface area contributed by atoms with Gasteiger partial charge in [-0.2, -0.15) is 0 Å². The van der Waals surface area contributed by atoms with Crippen molar-refractivity contribution in [3.8, 4) is 11.5 Å². The average Bonchev–Trinajstić information content (AvgIpc) is 3.10. The number of oxazole rings is 1. The largest absolute Gasteiger partial charge is 0.444 e. The first-order valence-electron chi connectivity index (χ1n) is 6.79. The van der Waals surface area contributed by atoms with Crippen LogP contribution in [0.1, 0.15) is 18.5 Å². The van der Waals surface area contributed by atoms with Crippen molar-refractivity contribution >= 4 is 24.0 Å². The zero-order chi connectivity index (χ0) is 13.9. The summed E-state index contributed by atoms with van der Waals surface area (Å²) < 4.78 is 5.37. The Labute approximate surface area is 129 Å². The Morgan fingerprint density at radius 2 is 2.33 bits per heavy atom. The molecular weight excluding hydrogens is 290 g/mol. The number of hydrogen-bond donors (Lipinski definition) is 2. The van der Waals surface area contributed by atoms with Gasteiger partial charge in [0.15, 0.2) is 0 Å². The van der Waals surface area contributed by atoms with Crippen LogP contribution in [0.5, 0.6) is 0 Å². The average molecular weight is 308 g/mol. The molecule has 0 saturated carbocycles. The maximum absolute atomic E-state index is 12.1. The van der Waals surface area contributed by atoms with Crippen molar-refractivity contribution in [1.29, 1.82) is 0 Å². The highest BCUT2D eigenvalue weighted by molar-refractivity contribution is 5.95. The van der Waals surface area contributed by atoms with Gasteiger partial charge in [0, 0.05) is 11.3 Å². The predicted octanol–water partition coefficient (Wildman–Crippen LogP) is 2.76. The molecule has 2 heterocycles. The van der Waals surface area contributed by atoms with Crippen LogP contribution in [0.15, 0.2) is 34.9 Å². The monoisotopic (exact) mass is 307 g/mol. The summed E-state index contributed by atoms with van der Waals surface area (Å²) in [6.45, 7) is 2.79. The lowest BCUT2D eigenvalue weighted by Crippen LogP contribution is -2.35. The van der Waals surface area contributed by atoms with E-state index in [2.05, 4.69) is 15.6 Å². The van der Waals surface area contributed by atoms with Crippen molar-refractivity contribution in [1.82, 2.24) is 10.3 Å². The van der Waals surface area contributed by atoms with Gasteiger partial charge in [-0.1, -0.05) is 6.07 Å². The minimum atomic E-state index is -0.0809. The number of amides is 1. The Kier molecular flexibility index (Phi) is 4.98. The quantitative estimate of drug-likeness (QED) is 0.915. The zero-order valence-corrected chi connectivity index (χ0v) is 12.6. The number of aromatic nitrogens is 1. The summed E-state index contributed by atoms with van der Waals surface area (Å²) in [6, 6.07) is 7.45. The van der Waals surface area contributed by atoms with Crippen LogP contribution in [0.3, 0.4) is 0 Å². The number of rotatable bonds is 3. The first-order chi connectivity index (χ1) is 9.72. The molecule has 1 aliphatic heterocycles. The molecule has 1 amide bonds. The van der Waals surface area contributed by atoms with Crippen molar-refractivity contribution in [2.45, 2.75) is 25.8 Å². The van der Waals surface area contributed by atoms with Crippen LogP contribution < -0.4 is 10.6 Å². The van der Waals surface area contributed by atoms with Crippen LogP contribution in [-0.2, 0) is 4.79 Å². The minimum absolute atomic E-state index is 0. The van der Waals surface area contributed by atoms with Crippen LogP contribution in [0.4, 0.5) is 5.69 Å². The fourth-order valence-corrected chi connectivity index (χ4v) is 2.35. The van der Waals surface area contributed by atoms with Gasteiger partial charge in [-0.15, -0.1) is 12.4 Å². The van der Waals surface area contributed by atoms with Gasteiger partial charge in [0.1, 0.15) is 6.26 Å². The molecule has 2 aromatic rings. The first-order valence-corrected chi connectivity index (χ1v) is 6.79. The van der Waals surface area contributed by atoms with E-state index < -0.39 is 0 Å². The van der Waals surface area contributed by atoms with Crippen molar-refractivity contribution in [2.24, 2.45) is 0 Å². The molecule has 6 heteroatoms. The molecule has 1 aromatic heterocycles. The van der Waals surface area contributed by atoms with Gasteiger partial charge < -0.3 is 15.1 Å². The molecule has 1 aliphatic rings. The van der Waals surface area contributed by atoms with Crippen molar-refractivity contribution in [2.75, 3.05) is 11.9 Å². The van der Waals surface area contributed by atoms with E-state index in [1.165, 1.54) is 0 Å². The van der Waals surface area contributed by atoms with Gasteiger partial charge in [-0.05, 0) is 44.5 Å². The van der Waals surface area contributed by atoms with Crippen LogP contribution in [0.2, 0.25) is 0 Å².